The molecular weight excluding hydrogens is 202 g/mol. The number of esters is 2. The summed E-state index contributed by atoms with van der Waals surface area (Å²) in [4.78, 5) is 34.2. The van der Waals surface area contributed by atoms with Crippen molar-refractivity contribution in [2.75, 3.05) is 6.54 Å². The van der Waals surface area contributed by atoms with Crippen molar-refractivity contribution in [3.05, 3.63) is 0 Å². The fraction of sp³-hybridized carbons (Fsp3) is 0.667. The molecule has 0 aromatic heterocycles. The highest BCUT2D eigenvalue weighted by molar-refractivity contribution is 5.90. The first-order valence-corrected chi connectivity index (χ1v) is 4.59. The van der Waals surface area contributed by atoms with E-state index in [1.807, 2.05) is 0 Å². The van der Waals surface area contributed by atoms with Crippen LogP contribution in [-0.2, 0) is 19.1 Å². The number of aliphatic hydroxyl groups is 1. The number of β-amino-alcohol motifs (C(OH)–C–C–N with tert-alkyl or cyclic N) is 1. The molecule has 6 heteroatoms. The maximum Gasteiger partial charge on any atom is 0.336 e. The van der Waals surface area contributed by atoms with E-state index in [0.29, 0.717) is 0 Å². The van der Waals surface area contributed by atoms with Crippen molar-refractivity contribution in [3.63, 3.8) is 0 Å². The van der Waals surface area contributed by atoms with Crippen LogP contribution < -0.4 is 0 Å². The molecule has 15 heavy (non-hydrogen) atoms. The monoisotopic (exact) mass is 215 g/mol. The molecule has 1 N–H and O–H groups in total. The van der Waals surface area contributed by atoms with Crippen molar-refractivity contribution in [1.29, 1.82) is 0 Å². The van der Waals surface area contributed by atoms with Gasteiger partial charge in [0.25, 0.3) is 0 Å². The average Bonchev–Trinajstić information content (AvgIpc) is 2.46. The van der Waals surface area contributed by atoms with E-state index in [1.54, 1.807) is 0 Å². The molecule has 1 aliphatic rings. The summed E-state index contributed by atoms with van der Waals surface area (Å²) in [5.41, 5.74) is 0. The number of carbonyl (C=O) groups is 3. The lowest BCUT2D eigenvalue weighted by Gasteiger charge is -2.20. The summed E-state index contributed by atoms with van der Waals surface area (Å²) in [5.74, 6) is -1.82. The number of rotatable bonds is 1. The Balaban J connectivity index is 2.70. The van der Waals surface area contributed by atoms with Crippen LogP contribution in [0.15, 0.2) is 0 Å². The molecule has 0 aromatic rings. The first kappa shape index (κ1) is 11.6. The van der Waals surface area contributed by atoms with Crippen molar-refractivity contribution >= 4 is 17.8 Å². The summed E-state index contributed by atoms with van der Waals surface area (Å²) >= 11 is 0. The number of amides is 1. The van der Waals surface area contributed by atoms with Crippen molar-refractivity contribution in [2.24, 2.45) is 0 Å². The average molecular weight is 215 g/mol. The Bertz CT molecular complexity index is 301. The first-order valence-electron chi connectivity index (χ1n) is 4.59. The predicted octanol–water partition coefficient (Wildman–Crippen LogP) is -0.942. The van der Waals surface area contributed by atoms with Gasteiger partial charge >= 0.3 is 11.9 Å². The number of ether oxygens (including phenoxy) is 1. The maximum atomic E-state index is 11.4. The number of hydrogen-bond acceptors (Lipinski definition) is 5. The lowest BCUT2D eigenvalue weighted by atomic mass is 10.2. The summed E-state index contributed by atoms with van der Waals surface area (Å²) < 4.78 is 4.38. The van der Waals surface area contributed by atoms with E-state index in [4.69, 9.17) is 0 Å². The second-order valence-corrected chi connectivity index (χ2v) is 3.49. The molecule has 1 heterocycles. The second kappa shape index (κ2) is 4.39. The molecule has 84 valence electrons. The van der Waals surface area contributed by atoms with Crippen molar-refractivity contribution in [3.8, 4) is 0 Å². The quantitative estimate of drug-likeness (QED) is 0.450. The van der Waals surface area contributed by atoms with Crippen LogP contribution in [0.4, 0.5) is 0 Å². The van der Waals surface area contributed by atoms with E-state index in [1.165, 1.54) is 11.8 Å². The smallest absolute Gasteiger partial charge is 0.336 e. The molecule has 1 amide bonds. The summed E-state index contributed by atoms with van der Waals surface area (Å²) in [6.45, 7) is 2.51. The van der Waals surface area contributed by atoms with Crippen molar-refractivity contribution < 1.29 is 24.2 Å². The predicted molar refractivity (Wildman–Crippen MR) is 48.6 cm³/mol. The number of likely N-dealkylation sites (tertiary alicyclic amines) is 1. The summed E-state index contributed by atoms with van der Waals surface area (Å²) in [7, 11) is 0. The van der Waals surface area contributed by atoms with Gasteiger partial charge in [0.15, 0.2) is 0 Å². The third-order valence-electron chi connectivity index (χ3n) is 2.20. The molecule has 1 unspecified atom stereocenters. The second-order valence-electron chi connectivity index (χ2n) is 3.49. The number of hydrogen-bond donors (Lipinski definition) is 1. The largest absolute Gasteiger partial charge is 0.392 e. The van der Waals surface area contributed by atoms with Crippen molar-refractivity contribution in [1.82, 2.24) is 4.90 Å². The number of nitrogens with zero attached hydrogens (tertiary/aromatic N) is 1. The maximum absolute atomic E-state index is 11.4. The minimum absolute atomic E-state index is 0.104. The lowest BCUT2D eigenvalue weighted by molar-refractivity contribution is -0.163. The Kier molecular flexibility index (Phi) is 3.41. The summed E-state index contributed by atoms with van der Waals surface area (Å²) in [6, 6.07) is -0.846. The van der Waals surface area contributed by atoms with Gasteiger partial charge in [0.2, 0.25) is 5.91 Å². The number of aliphatic hydroxyl groups excluding tert-OH is 1. The molecular formula is C9H13NO5. The fourth-order valence-electron chi connectivity index (χ4n) is 1.59. The number of carbonyl (C=O) groups excluding carboxylic acids is 3. The van der Waals surface area contributed by atoms with Gasteiger partial charge in [-0.2, -0.15) is 0 Å². The molecule has 1 saturated heterocycles. The van der Waals surface area contributed by atoms with Gasteiger partial charge in [0.05, 0.1) is 6.10 Å². The van der Waals surface area contributed by atoms with Crippen LogP contribution in [0.5, 0.6) is 0 Å². The standard InChI is InChI=1S/C9H13NO5/c1-5(11)10-4-7(13)3-8(10)9(14)15-6(2)12/h7-8,13H,3-4H2,1-2H3/t7?,8-/m0/s1. The lowest BCUT2D eigenvalue weighted by Crippen LogP contribution is -2.40. The molecule has 0 aromatic carbocycles. The Morgan fingerprint density at radius 1 is 1.33 bits per heavy atom. The zero-order chi connectivity index (χ0) is 11.6. The molecule has 0 bridgehead atoms. The SMILES string of the molecule is CC(=O)OC(=O)[C@@H]1CC(O)CN1C(C)=O. The molecule has 1 rings (SSSR count). The van der Waals surface area contributed by atoms with Crippen LogP contribution in [0, 0.1) is 0 Å². The molecule has 0 aliphatic carbocycles. The Labute approximate surface area is 86.8 Å². The highest BCUT2D eigenvalue weighted by atomic mass is 16.6. The van der Waals surface area contributed by atoms with E-state index in [2.05, 4.69) is 4.74 Å². The van der Waals surface area contributed by atoms with Crippen molar-refractivity contribution in [2.45, 2.75) is 32.4 Å². The van der Waals surface area contributed by atoms with E-state index >= 15 is 0 Å². The van der Waals surface area contributed by atoms with Gasteiger partial charge in [-0.15, -0.1) is 0 Å². The first-order chi connectivity index (χ1) is 6.91. The van der Waals surface area contributed by atoms with Gasteiger partial charge in [-0.25, -0.2) is 4.79 Å². The van der Waals surface area contributed by atoms with Gasteiger partial charge in [-0.05, 0) is 0 Å². The minimum Gasteiger partial charge on any atom is -0.392 e. The third-order valence-corrected chi connectivity index (χ3v) is 2.20. The van der Waals surface area contributed by atoms with Crippen LogP contribution >= 0.6 is 0 Å². The topological polar surface area (TPSA) is 83.9 Å². The van der Waals surface area contributed by atoms with E-state index in [9.17, 15) is 19.5 Å². The van der Waals surface area contributed by atoms with E-state index < -0.39 is 24.1 Å². The van der Waals surface area contributed by atoms with E-state index in [0.717, 1.165) is 6.92 Å². The van der Waals surface area contributed by atoms with Gasteiger partial charge in [-0.3, -0.25) is 9.59 Å². The van der Waals surface area contributed by atoms with Gasteiger partial charge in [0.1, 0.15) is 6.04 Å². The summed E-state index contributed by atoms with van der Waals surface area (Å²) in [5, 5.41) is 9.32. The molecule has 2 atom stereocenters. The van der Waals surface area contributed by atoms with Crippen LogP contribution in [0.3, 0.4) is 0 Å². The molecule has 0 saturated carbocycles. The highest BCUT2D eigenvalue weighted by Gasteiger charge is 2.38. The molecule has 1 fully saturated rings. The molecule has 6 nitrogen and oxygen atoms in total. The molecule has 0 radical (unpaired) electrons. The third kappa shape index (κ3) is 2.76. The summed E-state index contributed by atoms with van der Waals surface area (Å²) in [6.07, 6.45) is -0.621. The Morgan fingerprint density at radius 2 is 1.93 bits per heavy atom. The molecule has 1 aliphatic heterocycles. The van der Waals surface area contributed by atoms with Crippen LogP contribution in [-0.4, -0.2) is 46.5 Å². The normalized spacial score (nSPS) is 25.1. The highest BCUT2D eigenvalue weighted by Crippen LogP contribution is 2.19. The van der Waals surface area contributed by atoms with E-state index in [-0.39, 0.29) is 18.9 Å². The zero-order valence-electron chi connectivity index (χ0n) is 8.60. The van der Waals surface area contributed by atoms with Gasteiger partial charge in [-0.1, -0.05) is 0 Å². The van der Waals surface area contributed by atoms with Gasteiger partial charge in [0, 0.05) is 26.8 Å². The zero-order valence-corrected chi connectivity index (χ0v) is 8.60. The Hall–Kier alpha value is -1.43. The molecule has 0 spiro atoms. The Morgan fingerprint density at radius 3 is 2.40 bits per heavy atom. The van der Waals surface area contributed by atoms with Crippen LogP contribution in [0.2, 0.25) is 0 Å². The van der Waals surface area contributed by atoms with Crippen LogP contribution in [0.1, 0.15) is 20.3 Å². The van der Waals surface area contributed by atoms with Crippen LogP contribution in [0.25, 0.3) is 0 Å². The fourth-order valence-corrected chi connectivity index (χ4v) is 1.59. The minimum atomic E-state index is -0.846. The van der Waals surface area contributed by atoms with Gasteiger partial charge < -0.3 is 14.7 Å².